The second-order valence-corrected chi connectivity index (χ2v) is 10.7. The molecule has 10 heteroatoms. The fourth-order valence-electron chi connectivity index (χ4n) is 4.29. The Balaban J connectivity index is 1.55. The number of benzene rings is 2. The minimum Gasteiger partial charge on any atom is -0.462 e. The first-order valence-corrected chi connectivity index (χ1v) is 12.7. The van der Waals surface area contributed by atoms with Crippen LogP contribution in [0.3, 0.4) is 0 Å². The highest BCUT2D eigenvalue weighted by Crippen LogP contribution is 2.53. The van der Waals surface area contributed by atoms with Gasteiger partial charge < -0.3 is 9.72 Å². The van der Waals surface area contributed by atoms with Crippen molar-refractivity contribution in [2.75, 3.05) is 11.5 Å². The van der Waals surface area contributed by atoms with Crippen LogP contribution in [0, 0.1) is 5.92 Å². The first-order chi connectivity index (χ1) is 15.9. The van der Waals surface area contributed by atoms with Crippen molar-refractivity contribution in [3.05, 3.63) is 78.7 Å². The van der Waals surface area contributed by atoms with E-state index in [1.807, 2.05) is 24.3 Å². The summed E-state index contributed by atoms with van der Waals surface area (Å²) < 4.78 is 5.85. The summed E-state index contributed by atoms with van der Waals surface area (Å²) >= 11 is 5.79. The molecule has 0 radical (unpaired) electrons. The minimum absolute atomic E-state index is 0.209. The van der Waals surface area contributed by atoms with Gasteiger partial charge in [0.15, 0.2) is 0 Å². The van der Waals surface area contributed by atoms with Gasteiger partial charge in [-0.2, -0.15) is 0 Å². The molecule has 3 atom stereocenters. The number of imide groups is 1. The highest BCUT2D eigenvalue weighted by molar-refractivity contribution is 9.10. The molecule has 2 aliphatic rings. The highest BCUT2D eigenvalue weighted by Gasteiger charge is 2.56. The van der Waals surface area contributed by atoms with Crippen molar-refractivity contribution in [3.8, 4) is 0 Å². The molecule has 33 heavy (non-hydrogen) atoms. The summed E-state index contributed by atoms with van der Waals surface area (Å²) in [6.45, 7) is 1.98. The maximum atomic E-state index is 13.7. The SMILES string of the molecule is CCOC(=O)c1ccc(N2C(=O)C3Sc4[nH]c(=O)sc4C(c4cccc(Br)c4)C3C2=O)cc1. The van der Waals surface area contributed by atoms with Gasteiger partial charge in [0.1, 0.15) is 5.25 Å². The zero-order chi connectivity index (χ0) is 23.3. The van der Waals surface area contributed by atoms with Gasteiger partial charge in [-0.25, -0.2) is 9.69 Å². The molecular formula is C23H17BrN2O5S2. The fourth-order valence-corrected chi connectivity index (χ4v) is 7.22. The van der Waals surface area contributed by atoms with E-state index in [4.69, 9.17) is 4.74 Å². The van der Waals surface area contributed by atoms with E-state index in [9.17, 15) is 19.2 Å². The zero-order valence-corrected chi connectivity index (χ0v) is 20.5. The molecule has 0 bridgehead atoms. The Hall–Kier alpha value is -2.69. The summed E-state index contributed by atoms with van der Waals surface area (Å²) in [5.41, 5.74) is 1.60. The van der Waals surface area contributed by atoms with Crippen molar-refractivity contribution in [3.63, 3.8) is 0 Å². The molecular weight excluding hydrogens is 528 g/mol. The quantitative estimate of drug-likeness (QED) is 0.391. The van der Waals surface area contributed by atoms with Gasteiger partial charge in [0.05, 0.1) is 28.8 Å². The van der Waals surface area contributed by atoms with E-state index in [-0.39, 0.29) is 23.3 Å². The van der Waals surface area contributed by atoms with Crippen LogP contribution in [0.4, 0.5) is 5.69 Å². The summed E-state index contributed by atoms with van der Waals surface area (Å²) in [6, 6.07) is 13.8. The average molecular weight is 545 g/mol. The number of hydrogen-bond acceptors (Lipinski definition) is 7. The summed E-state index contributed by atoms with van der Waals surface area (Å²) in [5, 5.41) is -0.0270. The molecule has 0 aliphatic carbocycles. The van der Waals surface area contributed by atoms with Crippen LogP contribution < -0.4 is 9.77 Å². The average Bonchev–Trinajstić information content (AvgIpc) is 3.28. The van der Waals surface area contributed by atoms with Crippen LogP contribution in [-0.4, -0.2) is 34.6 Å². The summed E-state index contributed by atoms with van der Waals surface area (Å²) in [6.07, 6.45) is 0. The molecule has 7 nitrogen and oxygen atoms in total. The van der Waals surface area contributed by atoms with Gasteiger partial charge in [0, 0.05) is 15.3 Å². The molecule has 168 valence electrons. The second-order valence-electron chi connectivity index (χ2n) is 7.58. The van der Waals surface area contributed by atoms with Gasteiger partial charge in [-0.1, -0.05) is 51.2 Å². The molecule has 3 unspecified atom stereocenters. The third-order valence-electron chi connectivity index (χ3n) is 5.67. The maximum Gasteiger partial charge on any atom is 0.338 e. The molecule has 2 amide bonds. The number of nitrogens with one attached hydrogen (secondary N) is 1. The van der Waals surface area contributed by atoms with Crippen molar-refractivity contribution in [1.82, 2.24) is 4.98 Å². The predicted molar refractivity (Wildman–Crippen MR) is 129 cm³/mol. The van der Waals surface area contributed by atoms with E-state index >= 15 is 0 Å². The van der Waals surface area contributed by atoms with E-state index in [1.54, 1.807) is 31.2 Å². The van der Waals surface area contributed by atoms with Crippen molar-refractivity contribution in [2.24, 2.45) is 5.92 Å². The lowest BCUT2D eigenvalue weighted by molar-refractivity contribution is -0.122. The van der Waals surface area contributed by atoms with Gasteiger partial charge in [-0.3, -0.25) is 14.4 Å². The van der Waals surface area contributed by atoms with Gasteiger partial charge in [-0.05, 0) is 48.9 Å². The van der Waals surface area contributed by atoms with Crippen LogP contribution in [0.25, 0.3) is 0 Å². The van der Waals surface area contributed by atoms with Gasteiger partial charge >= 0.3 is 10.8 Å². The van der Waals surface area contributed by atoms with Crippen LogP contribution in [-0.2, 0) is 14.3 Å². The highest BCUT2D eigenvalue weighted by atomic mass is 79.9. The first kappa shape index (κ1) is 22.1. The number of ether oxygens (including phenoxy) is 1. The number of carbonyl (C=O) groups excluding carboxylic acids is 3. The third kappa shape index (κ3) is 3.75. The first-order valence-electron chi connectivity index (χ1n) is 10.2. The third-order valence-corrected chi connectivity index (χ3v) is 8.56. The lowest BCUT2D eigenvalue weighted by atomic mass is 9.83. The number of nitrogens with zero attached hydrogens (tertiary/aromatic N) is 1. The molecule has 1 saturated heterocycles. The Bertz CT molecular complexity index is 1330. The summed E-state index contributed by atoms with van der Waals surface area (Å²) in [7, 11) is 0. The Labute approximate surface area is 205 Å². The number of thiazole rings is 1. The lowest BCUT2D eigenvalue weighted by Crippen LogP contribution is -2.32. The molecule has 1 fully saturated rings. The Morgan fingerprint density at radius 1 is 1.12 bits per heavy atom. The monoisotopic (exact) mass is 544 g/mol. The van der Waals surface area contributed by atoms with Crippen LogP contribution in [0.1, 0.15) is 33.6 Å². The lowest BCUT2D eigenvalue weighted by Gasteiger charge is -2.29. The van der Waals surface area contributed by atoms with Crippen LogP contribution in [0.15, 0.2) is 62.8 Å². The number of esters is 1. The number of halogens is 1. The van der Waals surface area contributed by atoms with Crippen molar-refractivity contribution >= 4 is 62.5 Å². The topological polar surface area (TPSA) is 96.5 Å². The van der Waals surface area contributed by atoms with E-state index in [2.05, 4.69) is 20.9 Å². The molecule has 0 spiro atoms. The van der Waals surface area contributed by atoms with Gasteiger partial charge in [-0.15, -0.1) is 0 Å². The Kier molecular flexibility index (Phi) is 5.75. The van der Waals surface area contributed by atoms with E-state index in [1.165, 1.54) is 16.7 Å². The fraction of sp³-hybridized carbons (Fsp3) is 0.217. The van der Waals surface area contributed by atoms with Crippen LogP contribution >= 0.6 is 39.0 Å². The Morgan fingerprint density at radius 2 is 1.88 bits per heavy atom. The number of H-pyrrole nitrogens is 1. The Morgan fingerprint density at radius 3 is 2.58 bits per heavy atom. The number of amides is 2. The summed E-state index contributed by atoms with van der Waals surface area (Å²) in [5.74, 6) is -2.20. The molecule has 1 N–H and O–H groups in total. The summed E-state index contributed by atoms with van der Waals surface area (Å²) in [4.78, 5) is 55.7. The van der Waals surface area contributed by atoms with Crippen molar-refractivity contribution < 1.29 is 19.1 Å². The van der Waals surface area contributed by atoms with E-state index in [0.29, 0.717) is 16.3 Å². The van der Waals surface area contributed by atoms with Crippen molar-refractivity contribution in [1.29, 1.82) is 0 Å². The maximum absolute atomic E-state index is 13.7. The molecule has 3 heterocycles. The number of fused-ring (bicyclic) bond motifs is 2. The molecule has 0 saturated carbocycles. The molecule has 2 aliphatic heterocycles. The number of thioether (sulfide) groups is 1. The van der Waals surface area contributed by atoms with Crippen LogP contribution in [0.5, 0.6) is 0 Å². The van der Waals surface area contributed by atoms with E-state index < -0.39 is 23.1 Å². The normalized spacial score (nSPS) is 21.6. The molecule has 5 rings (SSSR count). The van der Waals surface area contributed by atoms with Crippen molar-refractivity contribution in [2.45, 2.75) is 23.1 Å². The zero-order valence-electron chi connectivity index (χ0n) is 17.2. The van der Waals surface area contributed by atoms with Gasteiger partial charge in [0.2, 0.25) is 11.8 Å². The van der Waals surface area contributed by atoms with Crippen LogP contribution in [0.2, 0.25) is 0 Å². The molecule has 2 aromatic carbocycles. The standard InChI is InChI=1S/C23H17BrN2O5S2/c1-2-31-22(29)11-6-8-14(9-7-11)26-20(27)16-15(12-4-3-5-13(24)10-12)17-19(25-23(30)33-17)32-18(16)21(26)28/h3-10,15-16,18H,2H2,1H3,(H,25,30). The van der Waals surface area contributed by atoms with E-state index in [0.717, 1.165) is 26.3 Å². The number of carbonyl (C=O) groups is 3. The van der Waals surface area contributed by atoms with Gasteiger partial charge in [0.25, 0.3) is 0 Å². The second kappa shape index (κ2) is 8.58. The predicted octanol–water partition coefficient (Wildman–Crippen LogP) is 4.17. The minimum atomic E-state index is -0.663. The number of aromatic amines is 1. The number of rotatable bonds is 4. The number of aromatic nitrogens is 1. The molecule has 3 aromatic rings. The smallest absolute Gasteiger partial charge is 0.338 e. The number of anilines is 1. The molecule has 1 aromatic heterocycles. The number of hydrogen-bond donors (Lipinski definition) is 1. The largest absolute Gasteiger partial charge is 0.462 e.